The van der Waals surface area contributed by atoms with Gasteiger partial charge in [-0.1, -0.05) is 18.2 Å². The third-order valence-electron chi connectivity index (χ3n) is 3.15. The summed E-state index contributed by atoms with van der Waals surface area (Å²) in [6.45, 7) is 1.86. The number of ether oxygens (including phenoxy) is 1. The molecule has 0 amide bonds. The standard InChI is InChI=1S/C16H21N3O/c1-19(14-8-4-3-5-9-14)13-7-12-18-16-15(20-2)10-6-11-17-16/h3-6,8-11H,7,12-13H2,1-2H3,(H,17,18). The molecule has 1 heterocycles. The Labute approximate surface area is 120 Å². The first-order chi connectivity index (χ1) is 9.81. The van der Waals surface area contributed by atoms with E-state index in [1.807, 2.05) is 18.2 Å². The fourth-order valence-electron chi connectivity index (χ4n) is 2.02. The Bertz CT molecular complexity index is 516. The molecule has 2 rings (SSSR count). The normalized spacial score (nSPS) is 10.1. The van der Waals surface area contributed by atoms with Gasteiger partial charge in [-0.3, -0.25) is 0 Å². The van der Waals surface area contributed by atoms with Crippen LogP contribution in [0.15, 0.2) is 48.7 Å². The van der Waals surface area contributed by atoms with Crippen molar-refractivity contribution in [3.63, 3.8) is 0 Å². The number of nitrogens with one attached hydrogen (secondary N) is 1. The van der Waals surface area contributed by atoms with Crippen molar-refractivity contribution in [1.82, 2.24) is 4.98 Å². The van der Waals surface area contributed by atoms with Crippen LogP contribution in [0, 0.1) is 0 Å². The van der Waals surface area contributed by atoms with E-state index in [1.165, 1.54) is 5.69 Å². The molecule has 0 aliphatic rings. The van der Waals surface area contributed by atoms with Crippen LogP contribution in [-0.4, -0.2) is 32.2 Å². The summed E-state index contributed by atoms with van der Waals surface area (Å²) < 4.78 is 5.26. The highest BCUT2D eigenvalue weighted by molar-refractivity contribution is 5.49. The molecule has 0 radical (unpaired) electrons. The van der Waals surface area contributed by atoms with E-state index in [-0.39, 0.29) is 0 Å². The highest BCUT2D eigenvalue weighted by atomic mass is 16.5. The second kappa shape index (κ2) is 7.38. The summed E-state index contributed by atoms with van der Waals surface area (Å²) in [5.41, 5.74) is 1.24. The van der Waals surface area contributed by atoms with E-state index in [2.05, 4.69) is 46.5 Å². The Morgan fingerprint density at radius 3 is 2.70 bits per heavy atom. The molecule has 0 saturated heterocycles. The predicted octanol–water partition coefficient (Wildman–Crippen LogP) is 3.03. The van der Waals surface area contributed by atoms with Gasteiger partial charge >= 0.3 is 0 Å². The van der Waals surface area contributed by atoms with Gasteiger partial charge in [0.15, 0.2) is 11.6 Å². The largest absolute Gasteiger partial charge is 0.493 e. The van der Waals surface area contributed by atoms with Crippen molar-refractivity contribution < 1.29 is 4.74 Å². The lowest BCUT2D eigenvalue weighted by Gasteiger charge is -2.19. The Kier molecular flexibility index (Phi) is 5.24. The molecule has 1 aromatic heterocycles. The van der Waals surface area contributed by atoms with Crippen molar-refractivity contribution in [1.29, 1.82) is 0 Å². The number of benzene rings is 1. The first kappa shape index (κ1) is 14.2. The molecule has 4 nitrogen and oxygen atoms in total. The summed E-state index contributed by atoms with van der Waals surface area (Å²) in [6.07, 6.45) is 2.80. The second-order valence-corrected chi connectivity index (χ2v) is 4.59. The number of hydrogen-bond donors (Lipinski definition) is 1. The highest BCUT2D eigenvalue weighted by Gasteiger charge is 2.03. The topological polar surface area (TPSA) is 37.4 Å². The minimum atomic E-state index is 0.781. The summed E-state index contributed by atoms with van der Waals surface area (Å²) in [5, 5.41) is 3.31. The quantitative estimate of drug-likeness (QED) is 0.785. The van der Waals surface area contributed by atoms with Crippen LogP contribution >= 0.6 is 0 Å². The number of para-hydroxylation sites is 1. The van der Waals surface area contributed by atoms with Crippen molar-refractivity contribution in [2.45, 2.75) is 6.42 Å². The Morgan fingerprint density at radius 2 is 1.95 bits per heavy atom. The maximum absolute atomic E-state index is 5.26. The Morgan fingerprint density at radius 1 is 1.15 bits per heavy atom. The predicted molar refractivity (Wildman–Crippen MR) is 83.6 cm³/mol. The summed E-state index contributed by atoms with van der Waals surface area (Å²) in [7, 11) is 3.77. The third kappa shape index (κ3) is 3.88. The van der Waals surface area contributed by atoms with Gasteiger partial charge in [-0.05, 0) is 30.7 Å². The SMILES string of the molecule is COc1cccnc1NCCCN(C)c1ccccc1. The van der Waals surface area contributed by atoms with Crippen LogP contribution in [0.3, 0.4) is 0 Å². The summed E-state index contributed by atoms with van der Waals surface area (Å²) in [5.74, 6) is 1.58. The fourth-order valence-corrected chi connectivity index (χ4v) is 2.02. The number of aromatic nitrogens is 1. The zero-order valence-electron chi connectivity index (χ0n) is 12.0. The van der Waals surface area contributed by atoms with Gasteiger partial charge in [0.1, 0.15) is 0 Å². The van der Waals surface area contributed by atoms with Crippen LogP contribution in [0.4, 0.5) is 11.5 Å². The molecule has 1 aromatic carbocycles. The summed E-state index contributed by atoms with van der Waals surface area (Å²) in [4.78, 5) is 6.52. The molecule has 0 unspecified atom stereocenters. The highest BCUT2D eigenvalue weighted by Crippen LogP contribution is 2.19. The maximum atomic E-state index is 5.26. The van der Waals surface area contributed by atoms with E-state index in [4.69, 9.17) is 4.74 Å². The molecule has 1 N–H and O–H groups in total. The van der Waals surface area contributed by atoms with E-state index in [0.29, 0.717) is 0 Å². The molecule has 20 heavy (non-hydrogen) atoms. The number of nitrogens with zero attached hydrogens (tertiary/aromatic N) is 2. The average molecular weight is 271 g/mol. The minimum Gasteiger partial charge on any atom is -0.493 e. The minimum absolute atomic E-state index is 0.781. The molecule has 106 valence electrons. The van der Waals surface area contributed by atoms with Crippen molar-refractivity contribution in [3.8, 4) is 5.75 Å². The van der Waals surface area contributed by atoms with Crippen LogP contribution in [0.25, 0.3) is 0 Å². The summed E-state index contributed by atoms with van der Waals surface area (Å²) >= 11 is 0. The van der Waals surface area contributed by atoms with Gasteiger partial charge < -0.3 is 15.0 Å². The molecular weight excluding hydrogens is 250 g/mol. The number of anilines is 2. The van der Waals surface area contributed by atoms with Crippen LogP contribution in [0.5, 0.6) is 5.75 Å². The fraction of sp³-hybridized carbons (Fsp3) is 0.312. The Hall–Kier alpha value is -2.23. The molecule has 0 saturated carbocycles. The molecule has 0 aliphatic carbocycles. The third-order valence-corrected chi connectivity index (χ3v) is 3.15. The zero-order chi connectivity index (χ0) is 14.2. The van der Waals surface area contributed by atoms with Gasteiger partial charge in [0.05, 0.1) is 7.11 Å². The lowest BCUT2D eigenvalue weighted by Crippen LogP contribution is -2.20. The molecule has 0 spiro atoms. The van der Waals surface area contributed by atoms with E-state index >= 15 is 0 Å². The van der Waals surface area contributed by atoms with Gasteiger partial charge in [-0.2, -0.15) is 0 Å². The smallest absolute Gasteiger partial charge is 0.168 e. The van der Waals surface area contributed by atoms with Crippen LogP contribution in [0.2, 0.25) is 0 Å². The monoisotopic (exact) mass is 271 g/mol. The van der Waals surface area contributed by atoms with E-state index in [9.17, 15) is 0 Å². The number of hydrogen-bond acceptors (Lipinski definition) is 4. The number of rotatable bonds is 7. The molecule has 4 heteroatoms. The van der Waals surface area contributed by atoms with Gasteiger partial charge in [0.25, 0.3) is 0 Å². The van der Waals surface area contributed by atoms with Gasteiger partial charge in [-0.25, -0.2) is 4.98 Å². The van der Waals surface area contributed by atoms with Crippen molar-refractivity contribution in [3.05, 3.63) is 48.7 Å². The van der Waals surface area contributed by atoms with Crippen LogP contribution < -0.4 is 15.0 Å². The van der Waals surface area contributed by atoms with Crippen LogP contribution in [-0.2, 0) is 0 Å². The van der Waals surface area contributed by atoms with E-state index in [1.54, 1.807) is 13.3 Å². The molecular formula is C16H21N3O. The van der Waals surface area contributed by atoms with Crippen molar-refractivity contribution in [2.24, 2.45) is 0 Å². The lowest BCUT2D eigenvalue weighted by atomic mass is 10.3. The Balaban J connectivity index is 1.76. The second-order valence-electron chi connectivity index (χ2n) is 4.59. The molecule has 0 bridgehead atoms. The van der Waals surface area contributed by atoms with Gasteiger partial charge in [0.2, 0.25) is 0 Å². The van der Waals surface area contributed by atoms with Gasteiger partial charge in [-0.15, -0.1) is 0 Å². The first-order valence-corrected chi connectivity index (χ1v) is 6.80. The van der Waals surface area contributed by atoms with E-state index < -0.39 is 0 Å². The van der Waals surface area contributed by atoms with Gasteiger partial charge in [0, 0.05) is 32.0 Å². The first-order valence-electron chi connectivity index (χ1n) is 6.80. The van der Waals surface area contributed by atoms with Crippen molar-refractivity contribution >= 4 is 11.5 Å². The molecule has 0 atom stereocenters. The number of pyridine rings is 1. The maximum Gasteiger partial charge on any atom is 0.168 e. The van der Waals surface area contributed by atoms with Crippen LogP contribution in [0.1, 0.15) is 6.42 Å². The zero-order valence-corrected chi connectivity index (χ0v) is 12.0. The molecule has 0 fully saturated rings. The van der Waals surface area contributed by atoms with E-state index in [0.717, 1.165) is 31.1 Å². The lowest BCUT2D eigenvalue weighted by molar-refractivity contribution is 0.415. The molecule has 0 aliphatic heterocycles. The summed E-state index contributed by atoms with van der Waals surface area (Å²) in [6, 6.07) is 14.2. The van der Waals surface area contributed by atoms with Crippen molar-refractivity contribution in [2.75, 3.05) is 37.5 Å². The number of methoxy groups -OCH3 is 1. The average Bonchev–Trinajstić information content (AvgIpc) is 2.52. The molecule has 2 aromatic rings.